The van der Waals surface area contributed by atoms with Gasteiger partial charge in [0.25, 0.3) is 0 Å². The van der Waals surface area contributed by atoms with Crippen LogP contribution in [0.5, 0.6) is 5.75 Å². The molecule has 0 heterocycles. The Morgan fingerprint density at radius 2 is 1.84 bits per heavy atom. The first-order valence-corrected chi connectivity index (χ1v) is 12.0. The van der Waals surface area contributed by atoms with Gasteiger partial charge in [-0.3, -0.25) is 0 Å². The van der Waals surface area contributed by atoms with Gasteiger partial charge in [0.2, 0.25) is 0 Å². The van der Waals surface area contributed by atoms with Gasteiger partial charge < -0.3 is 15.4 Å². The van der Waals surface area contributed by atoms with Crippen LogP contribution in [0.15, 0.2) is 41.4 Å². The van der Waals surface area contributed by atoms with E-state index in [-0.39, 0.29) is 36.3 Å². The molecule has 0 aromatic heterocycles. The molecule has 0 amide bonds. The minimum Gasteiger partial charge on any atom is -0.494 e. The number of hydrogen-bond donors (Lipinski definition) is 2. The van der Waals surface area contributed by atoms with Gasteiger partial charge >= 0.3 is 0 Å². The summed E-state index contributed by atoms with van der Waals surface area (Å²) in [6.45, 7) is 7.90. The fourth-order valence-corrected chi connectivity index (χ4v) is 3.85. The Morgan fingerprint density at radius 1 is 1.10 bits per heavy atom. The molecule has 2 rings (SSSR count). The predicted molar refractivity (Wildman–Crippen MR) is 134 cm³/mol. The van der Waals surface area contributed by atoms with Crippen LogP contribution in [-0.4, -0.2) is 33.8 Å². The molecule has 0 atom stereocenters. The van der Waals surface area contributed by atoms with E-state index in [9.17, 15) is 12.8 Å². The van der Waals surface area contributed by atoms with Crippen molar-refractivity contribution >= 4 is 39.8 Å². The van der Waals surface area contributed by atoms with E-state index >= 15 is 0 Å². The lowest BCUT2D eigenvalue weighted by molar-refractivity contribution is 0.338. The summed E-state index contributed by atoms with van der Waals surface area (Å²) in [5.41, 5.74) is 3.25. The Balaban J connectivity index is 0.00000480. The molecule has 172 valence electrons. The fourth-order valence-electron chi connectivity index (χ4n) is 3.00. The Kier molecular flexibility index (Phi) is 11.3. The second kappa shape index (κ2) is 12.8. The summed E-state index contributed by atoms with van der Waals surface area (Å²) in [5, 5.41) is 6.31. The van der Waals surface area contributed by atoms with E-state index in [0.717, 1.165) is 23.1 Å². The molecule has 0 saturated heterocycles. The first kappa shape index (κ1) is 27.2. The molecule has 9 heteroatoms. The number of ether oxygens (including phenoxy) is 1. The standard InChI is InChI=1S/C22H30FN3O3S.HI/c1-5-24-22(25-13-17-7-10-21(29-6-2)16(3)11-17)26-14-19-12-20(23)9-8-18(19)15-30(4,27)28;/h7-12H,5-6,13-15H2,1-4H3,(H2,24,25,26);1H. The normalized spacial score (nSPS) is 11.6. The Bertz CT molecular complexity index is 997. The van der Waals surface area contributed by atoms with Crippen molar-refractivity contribution in [3.63, 3.8) is 0 Å². The number of aryl methyl sites for hydroxylation is 1. The molecule has 0 unspecified atom stereocenters. The molecule has 0 aliphatic rings. The SMILES string of the molecule is CCNC(=NCc1ccc(OCC)c(C)c1)NCc1cc(F)ccc1CS(C)(=O)=O.I. The van der Waals surface area contributed by atoms with Crippen molar-refractivity contribution in [1.82, 2.24) is 10.6 Å². The molecule has 0 aliphatic heterocycles. The number of nitrogens with zero attached hydrogens (tertiary/aromatic N) is 1. The van der Waals surface area contributed by atoms with Crippen LogP contribution in [0.1, 0.15) is 36.1 Å². The van der Waals surface area contributed by atoms with Gasteiger partial charge in [0.05, 0.1) is 18.9 Å². The van der Waals surface area contributed by atoms with Crippen molar-refractivity contribution in [3.8, 4) is 5.75 Å². The van der Waals surface area contributed by atoms with Gasteiger partial charge in [0, 0.05) is 19.3 Å². The molecule has 0 aliphatic carbocycles. The van der Waals surface area contributed by atoms with Gasteiger partial charge in [-0.15, -0.1) is 24.0 Å². The summed E-state index contributed by atoms with van der Waals surface area (Å²) in [6, 6.07) is 10.1. The van der Waals surface area contributed by atoms with Crippen LogP contribution in [0, 0.1) is 12.7 Å². The third-order valence-corrected chi connectivity index (χ3v) is 5.17. The van der Waals surface area contributed by atoms with E-state index in [0.29, 0.717) is 36.8 Å². The Hall–Kier alpha value is -1.88. The van der Waals surface area contributed by atoms with E-state index in [4.69, 9.17) is 4.74 Å². The highest BCUT2D eigenvalue weighted by atomic mass is 127. The molecular weight excluding hydrogens is 532 g/mol. The molecular formula is C22H31FIN3O3S. The zero-order chi connectivity index (χ0) is 22.1. The van der Waals surface area contributed by atoms with Crippen molar-refractivity contribution in [2.24, 2.45) is 4.99 Å². The second-order valence-electron chi connectivity index (χ2n) is 7.06. The van der Waals surface area contributed by atoms with Gasteiger partial charge in [0.1, 0.15) is 11.6 Å². The first-order valence-electron chi connectivity index (χ1n) is 9.91. The Labute approximate surface area is 201 Å². The van der Waals surface area contributed by atoms with Gasteiger partial charge in [-0.05, 0) is 61.2 Å². The zero-order valence-corrected chi connectivity index (χ0v) is 21.5. The van der Waals surface area contributed by atoms with Gasteiger partial charge in [0.15, 0.2) is 15.8 Å². The van der Waals surface area contributed by atoms with Crippen molar-refractivity contribution in [3.05, 3.63) is 64.5 Å². The zero-order valence-electron chi connectivity index (χ0n) is 18.4. The summed E-state index contributed by atoms with van der Waals surface area (Å²) in [7, 11) is -3.23. The highest BCUT2D eigenvalue weighted by Gasteiger charge is 2.11. The van der Waals surface area contributed by atoms with Gasteiger partial charge in [-0.2, -0.15) is 0 Å². The lowest BCUT2D eigenvalue weighted by atomic mass is 10.1. The van der Waals surface area contributed by atoms with Crippen molar-refractivity contribution < 1.29 is 17.5 Å². The molecule has 0 radical (unpaired) electrons. The topological polar surface area (TPSA) is 79.8 Å². The van der Waals surface area contributed by atoms with Crippen LogP contribution in [0.4, 0.5) is 4.39 Å². The number of guanidine groups is 1. The fraction of sp³-hybridized carbons (Fsp3) is 0.409. The van der Waals surface area contributed by atoms with Crippen LogP contribution in [0.3, 0.4) is 0 Å². The van der Waals surface area contributed by atoms with E-state index in [1.54, 1.807) is 0 Å². The number of rotatable bonds is 9. The Morgan fingerprint density at radius 3 is 2.45 bits per heavy atom. The van der Waals surface area contributed by atoms with E-state index in [1.807, 2.05) is 39.0 Å². The van der Waals surface area contributed by atoms with Crippen molar-refractivity contribution in [2.45, 2.75) is 39.6 Å². The van der Waals surface area contributed by atoms with Crippen molar-refractivity contribution in [1.29, 1.82) is 0 Å². The number of nitrogens with one attached hydrogen (secondary N) is 2. The summed E-state index contributed by atoms with van der Waals surface area (Å²) in [5.74, 6) is 0.887. The molecule has 2 aromatic carbocycles. The average molecular weight is 563 g/mol. The molecule has 0 saturated carbocycles. The quantitative estimate of drug-likeness (QED) is 0.275. The second-order valence-corrected chi connectivity index (χ2v) is 9.20. The average Bonchev–Trinajstić information content (AvgIpc) is 2.67. The van der Waals surface area contributed by atoms with E-state index in [1.165, 1.54) is 18.2 Å². The van der Waals surface area contributed by atoms with E-state index in [2.05, 4.69) is 15.6 Å². The summed E-state index contributed by atoms with van der Waals surface area (Å²) >= 11 is 0. The molecule has 6 nitrogen and oxygen atoms in total. The van der Waals surface area contributed by atoms with Gasteiger partial charge in [-0.25, -0.2) is 17.8 Å². The lowest BCUT2D eigenvalue weighted by Crippen LogP contribution is -2.37. The highest BCUT2D eigenvalue weighted by molar-refractivity contribution is 14.0. The summed E-state index contributed by atoms with van der Waals surface area (Å²) in [6.07, 6.45) is 1.16. The molecule has 31 heavy (non-hydrogen) atoms. The largest absolute Gasteiger partial charge is 0.494 e. The van der Waals surface area contributed by atoms with Crippen LogP contribution in [0.2, 0.25) is 0 Å². The third-order valence-electron chi connectivity index (χ3n) is 4.34. The van der Waals surface area contributed by atoms with Crippen LogP contribution in [-0.2, 0) is 28.7 Å². The summed E-state index contributed by atoms with van der Waals surface area (Å²) < 4.78 is 42.6. The number of benzene rings is 2. The minimum absolute atomic E-state index is 0. The van der Waals surface area contributed by atoms with E-state index < -0.39 is 15.7 Å². The lowest BCUT2D eigenvalue weighted by Gasteiger charge is -2.14. The molecule has 0 bridgehead atoms. The van der Waals surface area contributed by atoms with Crippen LogP contribution < -0.4 is 15.4 Å². The van der Waals surface area contributed by atoms with Crippen LogP contribution in [0.25, 0.3) is 0 Å². The molecule has 0 spiro atoms. The number of sulfone groups is 1. The number of halogens is 2. The molecule has 0 fully saturated rings. The maximum absolute atomic E-state index is 13.7. The summed E-state index contributed by atoms with van der Waals surface area (Å²) in [4.78, 5) is 4.58. The first-order chi connectivity index (χ1) is 14.2. The molecule has 2 aromatic rings. The monoisotopic (exact) mass is 563 g/mol. The number of hydrogen-bond acceptors (Lipinski definition) is 4. The van der Waals surface area contributed by atoms with Crippen molar-refractivity contribution in [2.75, 3.05) is 19.4 Å². The maximum Gasteiger partial charge on any atom is 0.191 e. The highest BCUT2D eigenvalue weighted by Crippen LogP contribution is 2.19. The maximum atomic E-state index is 13.7. The minimum atomic E-state index is -3.23. The number of aliphatic imine (C=N–C) groups is 1. The third kappa shape index (κ3) is 9.42. The smallest absolute Gasteiger partial charge is 0.191 e. The molecule has 2 N–H and O–H groups in total. The predicted octanol–water partition coefficient (Wildman–Crippen LogP) is 3.95. The van der Waals surface area contributed by atoms with Gasteiger partial charge in [-0.1, -0.05) is 18.2 Å². The van der Waals surface area contributed by atoms with Crippen LogP contribution >= 0.6 is 24.0 Å².